The number of unbranched alkanes of at least 4 members (excludes halogenated alkanes) is 3. The summed E-state index contributed by atoms with van der Waals surface area (Å²) in [6, 6.07) is 5.88. The van der Waals surface area contributed by atoms with Crippen molar-refractivity contribution >= 4 is 35.6 Å². The number of ether oxygens (including phenoxy) is 4. The lowest BCUT2D eigenvalue weighted by Gasteiger charge is -2.37. The van der Waals surface area contributed by atoms with Gasteiger partial charge in [0.15, 0.2) is 11.9 Å². The molecule has 0 unspecified atom stereocenters. The molecule has 0 saturated carbocycles. The number of hydrogen-bond acceptors (Lipinski definition) is 12. The zero-order valence-corrected chi connectivity index (χ0v) is 22.5. The number of aliphatic carboxylic acids is 1. The van der Waals surface area contributed by atoms with E-state index in [2.05, 4.69) is 17.6 Å². The number of Topliss-reactive ketones (excluding diaryl/α,β-unsaturated/α-hetero) is 1. The first-order valence-corrected chi connectivity index (χ1v) is 13.1. The molecule has 1 heterocycles. The maximum Gasteiger partial charge on any atom is 0.414 e. The van der Waals surface area contributed by atoms with Crippen molar-refractivity contribution < 1.29 is 63.3 Å². The number of aliphatic hydroxyl groups excluding tert-OH is 3. The van der Waals surface area contributed by atoms with Gasteiger partial charge in [0, 0.05) is 12.1 Å². The predicted octanol–water partition coefficient (Wildman–Crippen LogP) is 0.826. The van der Waals surface area contributed by atoms with Crippen LogP contribution in [0.1, 0.15) is 51.0 Å². The topological polar surface area (TPSA) is 227 Å². The first-order valence-electron chi connectivity index (χ1n) is 13.1. The number of hydrogen-bond donors (Lipinski definition) is 6. The van der Waals surface area contributed by atoms with Crippen LogP contribution in [0.3, 0.4) is 0 Å². The fourth-order valence-corrected chi connectivity index (χ4v) is 3.57. The molecule has 1 saturated heterocycles. The lowest BCUT2D eigenvalue weighted by atomic mass is 9.99. The van der Waals surface area contributed by atoms with Crippen LogP contribution >= 0.6 is 0 Å². The number of carboxylic acid groups (broad SMARTS) is 1. The van der Waals surface area contributed by atoms with E-state index in [0.29, 0.717) is 12.2 Å². The van der Waals surface area contributed by atoms with Crippen molar-refractivity contribution in [3.8, 4) is 0 Å². The van der Waals surface area contributed by atoms with Crippen LogP contribution in [-0.2, 0) is 39.9 Å². The predicted molar refractivity (Wildman–Crippen MR) is 138 cm³/mol. The van der Waals surface area contributed by atoms with Crippen molar-refractivity contribution in [3.63, 3.8) is 0 Å². The highest BCUT2D eigenvalue weighted by atomic mass is 16.7. The Morgan fingerprint density at radius 3 is 2.24 bits per heavy atom. The first kappa shape index (κ1) is 33.4. The molecule has 0 aromatic heterocycles. The number of anilines is 1. The third-order valence-corrected chi connectivity index (χ3v) is 5.91. The minimum absolute atomic E-state index is 0.0700. The molecular weight excluding hydrogens is 548 g/mol. The summed E-state index contributed by atoms with van der Waals surface area (Å²) in [4.78, 5) is 58.7. The van der Waals surface area contributed by atoms with Crippen molar-refractivity contribution in [2.24, 2.45) is 0 Å². The Kier molecular flexibility index (Phi) is 14.0. The van der Waals surface area contributed by atoms with E-state index in [1.807, 2.05) is 0 Å². The molecule has 1 fully saturated rings. The van der Waals surface area contributed by atoms with Gasteiger partial charge in [0.05, 0.1) is 19.6 Å². The lowest BCUT2D eigenvalue weighted by molar-refractivity contribution is -0.277. The molecule has 15 heteroatoms. The van der Waals surface area contributed by atoms with Crippen LogP contribution in [0.15, 0.2) is 24.3 Å². The average molecular weight is 585 g/mol. The van der Waals surface area contributed by atoms with Gasteiger partial charge in [-0.15, -0.1) is 0 Å². The van der Waals surface area contributed by atoms with Gasteiger partial charge < -0.3 is 44.7 Å². The van der Waals surface area contributed by atoms with Crippen molar-refractivity contribution in [2.75, 3.05) is 18.5 Å². The summed E-state index contributed by atoms with van der Waals surface area (Å²) in [7, 11) is 0. The summed E-state index contributed by atoms with van der Waals surface area (Å²) in [5.74, 6) is -2.45. The molecule has 41 heavy (non-hydrogen) atoms. The zero-order valence-electron chi connectivity index (χ0n) is 22.5. The second kappa shape index (κ2) is 17.1. The molecule has 0 aliphatic carbocycles. The molecule has 6 N–H and O–H groups in total. The number of carbonyl (C=O) groups is 5. The molecule has 0 spiro atoms. The lowest BCUT2D eigenvalue weighted by Crippen LogP contribution is -2.60. The fraction of sp³-hybridized carbons (Fsp3) is 0.577. The Balaban J connectivity index is 1.67. The summed E-state index contributed by atoms with van der Waals surface area (Å²) in [6.45, 7) is 1.93. The average Bonchev–Trinajstić information content (AvgIpc) is 2.94. The van der Waals surface area contributed by atoms with Gasteiger partial charge in [-0.1, -0.05) is 38.3 Å². The fourth-order valence-electron chi connectivity index (χ4n) is 3.57. The normalized spacial score (nSPS) is 21.8. The van der Waals surface area contributed by atoms with Gasteiger partial charge in [-0.25, -0.2) is 14.4 Å². The number of aliphatic hydroxyl groups is 3. The SMILES string of the molecule is CCCCCCOC(=O)CCC(=O)CNC(=O)OCc1ccc(NC(=O)O[C@H]2O[C@H](C(=O)O)[C@@H](O)[C@H](O)[C@H]2O)cc1. The van der Waals surface area contributed by atoms with E-state index < -0.39 is 54.8 Å². The van der Waals surface area contributed by atoms with E-state index in [1.165, 1.54) is 24.3 Å². The minimum atomic E-state index is -1.93. The molecule has 2 amide bonds. The quantitative estimate of drug-likeness (QED) is 0.0955. The van der Waals surface area contributed by atoms with E-state index in [0.717, 1.165) is 25.7 Å². The van der Waals surface area contributed by atoms with Crippen LogP contribution in [0.2, 0.25) is 0 Å². The smallest absolute Gasteiger partial charge is 0.414 e. The summed E-state index contributed by atoms with van der Waals surface area (Å²) >= 11 is 0. The Hall–Kier alpha value is -3.79. The van der Waals surface area contributed by atoms with Crippen LogP contribution in [0, 0.1) is 0 Å². The number of alkyl carbamates (subject to hydrolysis) is 1. The van der Waals surface area contributed by atoms with Gasteiger partial charge >= 0.3 is 24.1 Å². The highest BCUT2D eigenvalue weighted by Gasteiger charge is 2.48. The number of ketones is 1. The number of amides is 2. The van der Waals surface area contributed by atoms with Gasteiger partial charge in [-0.2, -0.15) is 0 Å². The first-order chi connectivity index (χ1) is 19.5. The van der Waals surface area contributed by atoms with E-state index in [1.54, 1.807) is 0 Å². The van der Waals surface area contributed by atoms with Crippen LogP contribution in [0.25, 0.3) is 0 Å². The Morgan fingerprint density at radius 1 is 0.878 bits per heavy atom. The Labute approximate surface area is 235 Å². The monoisotopic (exact) mass is 584 g/mol. The van der Waals surface area contributed by atoms with Crippen LogP contribution < -0.4 is 10.6 Å². The molecular formula is C26H36N2O13. The van der Waals surface area contributed by atoms with Gasteiger partial charge in [0.1, 0.15) is 24.9 Å². The van der Waals surface area contributed by atoms with E-state index in [-0.39, 0.29) is 37.5 Å². The molecule has 0 bridgehead atoms. The standard InChI is InChI=1S/C26H36N2O13/c1-2-3-4-5-12-38-18(30)11-10-17(29)13-27-25(36)39-14-15-6-8-16(9-7-15)28-26(37)41-24-21(33)19(31)20(32)22(40-24)23(34)35/h6-9,19-22,24,31-33H,2-5,10-14H2,1H3,(H,27,36)(H,28,37)(H,34,35)/t19-,20-,21+,22-,24+/m0/s1. The van der Waals surface area contributed by atoms with Crippen molar-refractivity contribution in [1.82, 2.24) is 5.32 Å². The molecule has 2 rings (SSSR count). The minimum Gasteiger partial charge on any atom is -0.479 e. The molecule has 15 nitrogen and oxygen atoms in total. The summed E-state index contributed by atoms with van der Waals surface area (Å²) in [5.41, 5.74) is 0.744. The van der Waals surface area contributed by atoms with Crippen molar-refractivity contribution in [1.29, 1.82) is 0 Å². The maximum atomic E-state index is 12.1. The number of esters is 1. The molecule has 1 aromatic rings. The molecule has 228 valence electrons. The molecule has 1 aliphatic rings. The molecule has 1 aromatic carbocycles. The molecule has 0 radical (unpaired) electrons. The number of carboxylic acids is 1. The maximum absolute atomic E-state index is 12.1. The number of benzene rings is 1. The van der Waals surface area contributed by atoms with Crippen LogP contribution in [-0.4, -0.2) is 94.2 Å². The number of nitrogens with one attached hydrogen (secondary N) is 2. The van der Waals surface area contributed by atoms with Gasteiger partial charge in [-0.3, -0.25) is 14.9 Å². The Bertz CT molecular complexity index is 1030. The highest BCUT2D eigenvalue weighted by Crippen LogP contribution is 2.23. The summed E-state index contributed by atoms with van der Waals surface area (Å²) in [6.07, 6.45) is -7.76. The van der Waals surface area contributed by atoms with E-state index >= 15 is 0 Å². The van der Waals surface area contributed by atoms with E-state index in [9.17, 15) is 39.3 Å². The zero-order chi connectivity index (χ0) is 30.4. The second-order valence-electron chi connectivity index (χ2n) is 9.21. The van der Waals surface area contributed by atoms with Gasteiger partial charge in [-0.05, 0) is 24.1 Å². The largest absolute Gasteiger partial charge is 0.479 e. The highest BCUT2D eigenvalue weighted by molar-refractivity contribution is 5.87. The van der Waals surface area contributed by atoms with Gasteiger partial charge in [0.2, 0.25) is 6.29 Å². The second-order valence-corrected chi connectivity index (χ2v) is 9.21. The van der Waals surface area contributed by atoms with Crippen molar-refractivity contribution in [3.05, 3.63) is 29.8 Å². The van der Waals surface area contributed by atoms with E-state index in [4.69, 9.17) is 24.1 Å². The van der Waals surface area contributed by atoms with Crippen molar-refractivity contribution in [2.45, 2.75) is 82.8 Å². The summed E-state index contributed by atoms with van der Waals surface area (Å²) < 4.78 is 19.8. The van der Waals surface area contributed by atoms with Crippen LogP contribution in [0.4, 0.5) is 15.3 Å². The van der Waals surface area contributed by atoms with Crippen LogP contribution in [0.5, 0.6) is 0 Å². The third-order valence-electron chi connectivity index (χ3n) is 5.91. The Morgan fingerprint density at radius 2 is 1.59 bits per heavy atom. The number of rotatable bonds is 15. The number of carbonyl (C=O) groups excluding carboxylic acids is 4. The molecule has 5 atom stereocenters. The van der Waals surface area contributed by atoms with Gasteiger partial charge in [0.25, 0.3) is 0 Å². The third kappa shape index (κ3) is 11.7. The molecule has 1 aliphatic heterocycles. The summed E-state index contributed by atoms with van der Waals surface area (Å²) in [5, 5.41) is 43.0.